The van der Waals surface area contributed by atoms with Crippen LogP contribution in [0.2, 0.25) is 0 Å². The summed E-state index contributed by atoms with van der Waals surface area (Å²) in [7, 11) is 1.72. The Hall–Kier alpha value is -1.55. The van der Waals surface area contributed by atoms with E-state index >= 15 is 0 Å². The van der Waals surface area contributed by atoms with E-state index in [0.29, 0.717) is 13.2 Å². The monoisotopic (exact) mass is 448 g/mol. The Balaban J connectivity index is 2.62. The van der Waals surface area contributed by atoms with Crippen molar-refractivity contribution < 1.29 is 19.4 Å². The van der Waals surface area contributed by atoms with Crippen LogP contribution in [-0.4, -0.2) is 31.4 Å². The van der Waals surface area contributed by atoms with Crippen LogP contribution in [0.25, 0.3) is 0 Å². The number of carbonyl (C=O) groups is 1. The van der Waals surface area contributed by atoms with Gasteiger partial charge in [0.05, 0.1) is 12.0 Å². The van der Waals surface area contributed by atoms with Gasteiger partial charge in [0.1, 0.15) is 5.75 Å². The molecule has 4 nitrogen and oxygen atoms in total. The van der Waals surface area contributed by atoms with Gasteiger partial charge >= 0.3 is 5.97 Å². The molecular formula is C28H48O4. The van der Waals surface area contributed by atoms with Gasteiger partial charge in [-0.15, -0.1) is 0 Å². The molecule has 0 atom stereocenters. The smallest absolute Gasteiger partial charge is 0.310 e. The van der Waals surface area contributed by atoms with Crippen LogP contribution in [0.15, 0.2) is 18.2 Å². The first-order chi connectivity index (χ1) is 15.0. The molecule has 0 aliphatic rings. The molecule has 1 rings (SSSR count). The Morgan fingerprint density at radius 1 is 0.938 bits per heavy atom. The molecule has 1 aromatic carbocycles. The number of carboxylic acid groups (broad SMARTS) is 1. The third-order valence-corrected chi connectivity index (χ3v) is 6.87. The van der Waals surface area contributed by atoms with Gasteiger partial charge in [0.25, 0.3) is 0 Å². The molecule has 0 aliphatic carbocycles. The standard InChI is InChI=1S/C28H48O4/c1-21(2)28(22(3)4,26(29)30)17-12-10-9-11-14-23-15-16-24(27(5,6)7)25(20-23)32-19-13-18-31-8/h15-16,20-22H,9-14,17-19H2,1-8H3,(H,29,30). The second-order valence-electron chi connectivity index (χ2n) is 10.8. The number of carboxylic acids is 1. The van der Waals surface area contributed by atoms with E-state index in [2.05, 4.69) is 39.0 Å². The number of benzene rings is 1. The summed E-state index contributed by atoms with van der Waals surface area (Å²) in [5.74, 6) is 0.637. The van der Waals surface area contributed by atoms with Crippen molar-refractivity contribution in [2.24, 2.45) is 17.3 Å². The quantitative estimate of drug-likeness (QED) is 0.287. The summed E-state index contributed by atoms with van der Waals surface area (Å²) >= 11 is 0. The highest BCUT2D eigenvalue weighted by atomic mass is 16.5. The van der Waals surface area contributed by atoms with Gasteiger partial charge in [-0.2, -0.15) is 0 Å². The van der Waals surface area contributed by atoms with Crippen molar-refractivity contribution in [3.05, 3.63) is 29.3 Å². The number of methoxy groups -OCH3 is 1. The number of hydrogen-bond acceptors (Lipinski definition) is 3. The third-order valence-electron chi connectivity index (χ3n) is 6.87. The molecule has 0 aliphatic heterocycles. The predicted molar refractivity (Wildman–Crippen MR) is 134 cm³/mol. The number of unbranched alkanes of at least 4 members (excludes halogenated alkanes) is 3. The van der Waals surface area contributed by atoms with Crippen molar-refractivity contribution >= 4 is 5.97 Å². The van der Waals surface area contributed by atoms with Crippen LogP contribution < -0.4 is 4.74 Å². The van der Waals surface area contributed by atoms with Crippen LogP contribution in [0.1, 0.15) is 98.1 Å². The topological polar surface area (TPSA) is 55.8 Å². The van der Waals surface area contributed by atoms with E-state index in [9.17, 15) is 9.90 Å². The average Bonchev–Trinajstić information content (AvgIpc) is 2.69. The SMILES string of the molecule is COCCCOc1cc(CCCCCCC(C(=O)O)(C(C)C)C(C)C)ccc1C(C)(C)C. The van der Waals surface area contributed by atoms with Crippen LogP contribution in [0, 0.1) is 17.3 Å². The molecule has 4 heteroatoms. The second-order valence-corrected chi connectivity index (χ2v) is 10.8. The molecular weight excluding hydrogens is 400 g/mol. The maximum Gasteiger partial charge on any atom is 0.310 e. The van der Waals surface area contributed by atoms with Crippen molar-refractivity contribution in [1.82, 2.24) is 0 Å². The summed E-state index contributed by atoms with van der Waals surface area (Å²) in [6.45, 7) is 16.2. The van der Waals surface area contributed by atoms with Gasteiger partial charge in [0.2, 0.25) is 0 Å². The summed E-state index contributed by atoms with van der Waals surface area (Å²) in [6, 6.07) is 6.66. The molecule has 1 N–H and O–H groups in total. The lowest BCUT2D eigenvalue weighted by atomic mass is 9.66. The fourth-order valence-corrected chi connectivity index (χ4v) is 4.79. The zero-order chi connectivity index (χ0) is 24.4. The van der Waals surface area contributed by atoms with Crippen molar-refractivity contribution in [3.8, 4) is 5.75 Å². The first-order valence-corrected chi connectivity index (χ1v) is 12.4. The van der Waals surface area contributed by atoms with E-state index in [0.717, 1.165) is 50.7 Å². The van der Waals surface area contributed by atoms with Crippen LogP contribution in [0.5, 0.6) is 5.75 Å². The Labute approximate surface area is 197 Å². The Bertz CT molecular complexity index is 677. The highest BCUT2D eigenvalue weighted by molar-refractivity contribution is 5.75. The molecule has 0 saturated carbocycles. The normalized spacial score (nSPS) is 12.6. The average molecular weight is 449 g/mol. The largest absolute Gasteiger partial charge is 0.493 e. The predicted octanol–water partition coefficient (Wildman–Crippen LogP) is 7.28. The minimum Gasteiger partial charge on any atom is -0.493 e. The summed E-state index contributed by atoms with van der Waals surface area (Å²) in [6.07, 6.45) is 6.95. The first-order valence-electron chi connectivity index (χ1n) is 12.4. The fraction of sp³-hybridized carbons (Fsp3) is 0.750. The maximum absolute atomic E-state index is 12.0. The molecule has 0 heterocycles. The Morgan fingerprint density at radius 2 is 1.56 bits per heavy atom. The highest BCUT2D eigenvalue weighted by Gasteiger charge is 2.43. The molecule has 0 aromatic heterocycles. The molecule has 32 heavy (non-hydrogen) atoms. The lowest BCUT2D eigenvalue weighted by Gasteiger charge is -2.37. The van der Waals surface area contributed by atoms with Crippen LogP contribution >= 0.6 is 0 Å². The van der Waals surface area contributed by atoms with Crippen LogP contribution in [0.3, 0.4) is 0 Å². The summed E-state index contributed by atoms with van der Waals surface area (Å²) < 4.78 is 11.3. The van der Waals surface area contributed by atoms with Gasteiger partial charge in [-0.3, -0.25) is 4.79 Å². The highest BCUT2D eigenvalue weighted by Crippen LogP contribution is 2.41. The van der Waals surface area contributed by atoms with Gasteiger partial charge in [0, 0.05) is 20.1 Å². The van der Waals surface area contributed by atoms with Crippen molar-refractivity contribution in [3.63, 3.8) is 0 Å². The second kappa shape index (κ2) is 13.2. The number of ether oxygens (including phenoxy) is 2. The minimum atomic E-state index is -0.639. The molecule has 0 radical (unpaired) electrons. The molecule has 0 saturated heterocycles. The van der Waals surface area contributed by atoms with Crippen molar-refractivity contribution in [1.29, 1.82) is 0 Å². The summed E-state index contributed by atoms with van der Waals surface area (Å²) in [4.78, 5) is 12.0. The van der Waals surface area contributed by atoms with Crippen LogP contribution in [-0.2, 0) is 21.4 Å². The van der Waals surface area contributed by atoms with Crippen molar-refractivity contribution in [2.45, 2.75) is 98.8 Å². The van der Waals surface area contributed by atoms with E-state index < -0.39 is 11.4 Å². The van der Waals surface area contributed by atoms with Crippen LogP contribution in [0.4, 0.5) is 0 Å². The van der Waals surface area contributed by atoms with Crippen molar-refractivity contribution in [2.75, 3.05) is 20.3 Å². The molecule has 0 unspecified atom stereocenters. The third kappa shape index (κ3) is 8.10. The first kappa shape index (κ1) is 28.5. The summed E-state index contributed by atoms with van der Waals surface area (Å²) in [5.41, 5.74) is 1.98. The van der Waals surface area contributed by atoms with E-state index in [1.54, 1.807) is 7.11 Å². The Morgan fingerprint density at radius 3 is 2.09 bits per heavy atom. The lowest BCUT2D eigenvalue weighted by molar-refractivity contribution is -0.156. The molecule has 0 bridgehead atoms. The molecule has 1 aromatic rings. The summed E-state index contributed by atoms with van der Waals surface area (Å²) in [5, 5.41) is 9.89. The number of aliphatic carboxylic acids is 1. The van der Waals surface area contributed by atoms with Gasteiger partial charge in [-0.05, 0) is 53.7 Å². The lowest BCUT2D eigenvalue weighted by Crippen LogP contribution is -2.41. The van der Waals surface area contributed by atoms with E-state index in [1.165, 1.54) is 11.1 Å². The van der Waals surface area contributed by atoms with Gasteiger partial charge < -0.3 is 14.6 Å². The van der Waals surface area contributed by atoms with E-state index in [4.69, 9.17) is 9.47 Å². The number of aryl methyl sites for hydroxylation is 1. The molecule has 0 amide bonds. The molecule has 0 spiro atoms. The van der Waals surface area contributed by atoms with Gasteiger partial charge in [-0.25, -0.2) is 0 Å². The van der Waals surface area contributed by atoms with Gasteiger partial charge in [-0.1, -0.05) is 79.9 Å². The fourth-order valence-electron chi connectivity index (χ4n) is 4.79. The van der Waals surface area contributed by atoms with E-state index in [-0.39, 0.29) is 17.3 Å². The van der Waals surface area contributed by atoms with E-state index in [1.807, 2.05) is 27.7 Å². The number of hydrogen-bond donors (Lipinski definition) is 1. The number of rotatable bonds is 15. The zero-order valence-electron chi connectivity index (χ0n) is 21.9. The van der Waals surface area contributed by atoms with Gasteiger partial charge in [0.15, 0.2) is 0 Å². The Kier molecular flexibility index (Phi) is 11.8. The maximum atomic E-state index is 12.0. The zero-order valence-corrected chi connectivity index (χ0v) is 21.9. The molecule has 184 valence electrons. The minimum absolute atomic E-state index is 0.0403. The molecule has 0 fully saturated rings.